The molecule has 0 aliphatic carbocycles. The smallest absolute Gasteiger partial charge is 0.337 e. The van der Waals surface area contributed by atoms with Gasteiger partial charge in [0.15, 0.2) is 5.60 Å². The quantitative estimate of drug-likeness (QED) is 0.566. The molecular formula is C18H17Cl2F2NO3. The predicted octanol–water partition coefficient (Wildman–Crippen LogP) is 4.58. The number of rotatable bonds is 6. The number of benzene rings is 1. The highest BCUT2D eigenvalue weighted by molar-refractivity contribution is 6.33. The maximum Gasteiger partial charge on any atom is 0.337 e. The summed E-state index contributed by atoms with van der Waals surface area (Å²) in [5.41, 5.74) is -0.973. The first-order valence-corrected chi connectivity index (χ1v) is 8.61. The van der Waals surface area contributed by atoms with E-state index in [9.17, 15) is 18.7 Å². The highest BCUT2D eigenvalue weighted by Crippen LogP contribution is 2.34. The summed E-state index contributed by atoms with van der Waals surface area (Å²) >= 11 is 12.1. The van der Waals surface area contributed by atoms with Gasteiger partial charge in [0.05, 0.1) is 6.61 Å². The van der Waals surface area contributed by atoms with Crippen LogP contribution >= 0.6 is 23.2 Å². The second-order valence-corrected chi connectivity index (χ2v) is 6.63. The standard InChI is InChI=1S/C18H17Cl2F2NO3/c1-3-26-17(24)18(2,25)7-6-12-13(9-15(19)23-16(12)20)11-5-4-10(21)8-14(11)22/h4-5,8-9,25H,3,6-7H2,1-2H3. The number of carbonyl (C=O) groups is 1. The summed E-state index contributed by atoms with van der Waals surface area (Å²) in [7, 11) is 0. The van der Waals surface area contributed by atoms with E-state index >= 15 is 0 Å². The van der Waals surface area contributed by atoms with Crippen molar-refractivity contribution < 1.29 is 23.4 Å². The van der Waals surface area contributed by atoms with Gasteiger partial charge in [-0.3, -0.25) is 0 Å². The van der Waals surface area contributed by atoms with Gasteiger partial charge < -0.3 is 9.84 Å². The third-order valence-electron chi connectivity index (χ3n) is 3.84. The van der Waals surface area contributed by atoms with Crippen molar-refractivity contribution in [2.45, 2.75) is 32.3 Å². The number of aliphatic hydroxyl groups is 1. The van der Waals surface area contributed by atoms with E-state index in [1.165, 1.54) is 19.1 Å². The van der Waals surface area contributed by atoms with Crippen LogP contribution in [0.25, 0.3) is 11.1 Å². The van der Waals surface area contributed by atoms with Gasteiger partial charge in [-0.2, -0.15) is 0 Å². The van der Waals surface area contributed by atoms with E-state index in [1.807, 2.05) is 0 Å². The molecule has 2 rings (SSSR count). The topological polar surface area (TPSA) is 59.4 Å². The molecule has 2 aromatic rings. The molecular weight excluding hydrogens is 387 g/mol. The summed E-state index contributed by atoms with van der Waals surface area (Å²) < 4.78 is 32.2. The van der Waals surface area contributed by atoms with Crippen LogP contribution in [0.5, 0.6) is 0 Å². The van der Waals surface area contributed by atoms with Crippen LogP contribution in [0, 0.1) is 11.6 Å². The van der Waals surface area contributed by atoms with E-state index in [4.69, 9.17) is 27.9 Å². The zero-order valence-electron chi connectivity index (χ0n) is 14.2. The molecule has 1 N–H and O–H groups in total. The van der Waals surface area contributed by atoms with E-state index in [-0.39, 0.29) is 35.3 Å². The van der Waals surface area contributed by atoms with Crippen molar-refractivity contribution in [2.75, 3.05) is 6.61 Å². The monoisotopic (exact) mass is 403 g/mol. The van der Waals surface area contributed by atoms with E-state index in [2.05, 4.69) is 4.98 Å². The maximum absolute atomic E-state index is 14.2. The molecule has 0 radical (unpaired) electrons. The molecule has 1 atom stereocenters. The molecule has 1 aromatic carbocycles. The Kier molecular flexibility index (Phi) is 6.55. The Morgan fingerprint density at radius 2 is 1.96 bits per heavy atom. The molecule has 0 saturated carbocycles. The molecule has 4 nitrogen and oxygen atoms in total. The number of ether oxygens (including phenoxy) is 1. The molecule has 8 heteroatoms. The van der Waals surface area contributed by atoms with E-state index < -0.39 is 23.2 Å². The Hall–Kier alpha value is -1.76. The summed E-state index contributed by atoms with van der Waals surface area (Å²) in [5, 5.41) is 10.3. The van der Waals surface area contributed by atoms with E-state index in [0.29, 0.717) is 11.1 Å². The fourth-order valence-electron chi connectivity index (χ4n) is 2.45. The molecule has 26 heavy (non-hydrogen) atoms. The number of pyridine rings is 1. The lowest BCUT2D eigenvalue weighted by Crippen LogP contribution is -2.37. The minimum Gasteiger partial charge on any atom is -0.464 e. The molecule has 0 aliphatic rings. The summed E-state index contributed by atoms with van der Waals surface area (Å²) in [5.74, 6) is -2.28. The van der Waals surface area contributed by atoms with Gasteiger partial charge in [-0.25, -0.2) is 18.6 Å². The number of carbonyl (C=O) groups excluding carboxylic acids is 1. The van der Waals surface area contributed by atoms with Gasteiger partial charge in [0.1, 0.15) is 21.9 Å². The first-order chi connectivity index (χ1) is 12.2. The third kappa shape index (κ3) is 4.69. The molecule has 140 valence electrons. The Balaban J connectivity index is 2.41. The second kappa shape index (κ2) is 8.29. The van der Waals surface area contributed by atoms with Crippen molar-refractivity contribution >= 4 is 29.2 Å². The van der Waals surface area contributed by atoms with E-state index in [0.717, 1.165) is 12.1 Å². The van der Waals surface area contributed by atoms with Crippen LogP contribution in [0.2, 0.25) is 10.3 Å². The fraction of sp³-hybridized carbons (Fsp3) is 0.333. The zero-order chi connectivity index (χ0) is 19.5. The van der Waals surface area contributed by atoms with Gasteiger partial charge in [0.2, 0.25) is 0 Å². The van der Waals surface area contributed by atoms with Crippen LogP contribution in [0.15, 0.2) is 24.3 Å². The first kappa shape index (κ1) is 20.6. The van der Waals surface area contributed by atoms with Crippen molar-refractivity contribution in [3.63, 3.8) is 0 Å². The number of hydrogen-bond acceptors (Lipinski definition) is 4. The molecule has 1 unspecified atom stereocenters. The van der Waals surface area contributed by atoms with Crippen molar-refractivity contribution in [3.8, 4) is 11.1 Å². The van der Waals surface area contributed by atoms with Crippen LogP contribution < -0.4 is 0 Å². The summed E-state index contributed by atoms with van der Waals surface area (Å²) in [6.45, 7) is 3.08. The van der Waals surface area contributed by atoms with Gasteiger partial charge in [-0.15, -0.1) is 0 Å². The minimum atomic E-state index is -1.75. The Bertz CT molecular complexity index is 828. The average Bonchev–Trinajstić information content (AvgIpc) is 2.53. The minimum absolute atomic E-state index is 0.0101. The maximum atomic E-state index is 14.2. The largest absolute Gasteiger partial charge is 0.464 e. The highest BCUT2D eigenvalue weighted by atomic mass is 35.5. The molecule has 0 fully saturated rings. The van der Waals surface area contributed by atoms with E-state index in [1.54, 1.807) is 6.92 Å². The number of nitrogens with zero attached hydrogens (tertiary/aromatic N) is 1. The highest BCUT2D eigenvalue weighted by Gasteiger charge is 2.32. The number of halogens is 4. The lowest BCUT2D eigenvalue weighted by molar-refractivity contribution is -0.163. The Morgan fingerprint density at radius 3 is 2.58 bits per heavy atom. The van der Waals surface area contributed by atoms with Crippen molar-refractivity contribution in [3.05, 3.63) is 51.8 Å². The SMILES string of the molecule is CCOC(=O)C(C)(O)CCc1c(-c2ccc(F)cc2F)cc(Cl)nc1Cl. The summed E-state index contributed by atoms with van der Waals surface area (Å²) in [4.78, 5) is 15.8. The van der Waals surface area contributed by atoms with Crippen LogP contribution in [-0.4, -0.2) is 28.3 Å². The first-order valence-electron chi connectivity index (χ1n) is 7.85. The van der Waals surface area contributed by atoms with Crippen LogP contribution in [0.4, 0.5) is 8.78 Å². The third-order valence-corrected chi connectivity index (χ3v) is 4.35. The van der Waals surface area contributed by atoms with Crippen LogP contribution in [-0.2, 0) is 16.0 Å². The Morgan fingerprint density at radius 1 is 1.27 bits per heavy atom. The van der Waals surface area contributed by atoms with Gasteiger partial charge in [-0.1, -0.05) is 23.2 Å². The van der Waals surface area contributed by atoms with Gasteiger partial charge >= 0.3 is 5.97 Å². The second-order valence-electron chi connectivity index (χ2n) is 5.88. The van der Waals surface area contributed by atoms with Gasteiger partial charge in [0.25, 0.3) is 0 Å². The predicted molar refractivity (Wildman–Crippen MR) is 95.2 cm³/mol. The van der Waals surface area contributed by atoms with Crippen LogP contribution in [0.1, 0.15) is 25.8 Å². The van der Waals surface area contributed by atoms with Gasteiger partial charge in [-0.05, 0) is 56.0 Å². The average molecular weight is 404 g/mol. The normalized spacial score (nSPS) is 13.3. The molecule has 0 amide bonds. The summed E-state index contributed by atoms with van der Waals surface area (Å²) in [6.07, 6.45) is 0.0612. The molecule has 1 heterocycles. The van der Waals surface area contributed by atoms with Crippen molar-refractivity contribution in [1.29, 1.82) is 0 Å². The molecule has 0 bridgehead atoms. The fourth-order valence-corrected chi connectivity index (χ4v) is 2.98. The van der Waals surface area contributed by atoms with Gasteiger partial charge in [0, 0.05) is 11.6 Å². The molecule has 0 spiro atoms. The lowest BCUT2D eigenvalue weighted by Gasteiger charge is -2.22. The van der Waals surface area contributed by atoms with Crippen molar-refractivity contribution in [1.82, 2.24) is 4.98 Å². The number of hydrogen-bond donors (Lipinski definition) is 1. The molecule has 0 saturated heterocycles. The number of aromatic nitrogens is 1. The Labute approximate surface area is 159 Å². The summed E-state index contributed by atoms with van der Waals surface area (Å²) in [6, 6.07) is 4.52. The zero-order valence-corrected chi connectivity index (χ0v) is 15.7. The number of esters is 1. The molecule has 0 aliphatic heterocycles. The van der Waals surface area contributed by atoms with Crippen molar-refractivity contribution in [2.24, 2.45) is 0 Å². The lowest BCUT2D eigenvalue weighted by atomic mass is 9.93. The van der Waals surface area contributed by atoms with Crippen LogP contribution in [0.3, 0.4) is 0 Å². The molecule has 1 aromatic heterocycles.